The Labute approximate surface area is 85.5 Å². The zero-order chi connectivity index (χ0) is 10.3. The summed E-state index contributed by atoms with van der Waals surface area (Å²) in [6, 6.07) is 0.499. The summed E-state index contributed by atoms with van der Waals surface area (Å²) in [5.74, 6) is 0. The van der Waals surface area contributed by atoms with Crippen LogP contribution in [0.2, 0.25) is 0 Å². The molecule has 1 aromatic heterocycles. The zero-order valence-electron chi connectivity index (χ0n) is 9.46. The lowest BCUT2D eigenvalue weighted by Crippen LogP contribution is -2.19. The Balaban J connectivity index is 2.18. The molecule has 78 valence electrons. The van der Waals surface area contributed by atoms with Crippen molar-refractivity contribution in [1.29, 1.82) is 0 Å². The molecule has 0 bridgehead atoms. The fraction of sp³-hybridized carbons (Fsp3) is 0.727. The summed E-state index contributed by atoms with van der Waals surface area (Å²) < 4.78 is 1.98. The van der Waals surface area contributed by atoms with E-state index < -0.39 is 0 Å². The van der Waals surface area contributed by atoms with Gasteiger partial charge in [0.2, 0.25) is 0 Å². The second kappa shape index (κ2) is 3.09. The molecule has 0 spiro atoms. The van der Waals surface area contributed by atoms with Crippen molar-refractivity contribution in [3.63, 3.8) is 0 Å². The van der Waals surface area contributed by atoms with E-state index in [0.717, 1.165) is 6.54 Å². The van der Waals surface area contributed by atoms with Gasteiger partial charge in [-0.1, -0.05) is 20.8 Å². The van der Waals surface area contributed by atoms with Crippen LogP contribution in [0.15, 0.2) is 6.20 Å². The Kier molecular flexibility index (Phi) is 2.14. The van der Waals surface area contributed by atoms with Crippen LogP contribution >= 0.6 is 0 Å². The van der Waals surface area contributed by atoms with Gasteiger partial charge in [0.15, 0.2) is 0 Å². The molecular weight excluding hydrogens is 174 g/mol. The molecule has 3 heteroatoms. The van der Waals surface area contributed by atoms with Crippen LogP contribution in [0, 0.1) is 5.41 Å². The summed E-state index contributed by atoms with van der Waals surface area (Å²) in [5.41, 5.74) is 3.11. The second-order valence-corrected chi connectivity index (χ2v) is 5.37. The minimum Gasteiger partial charge on any atom is -0.304 e. The fourth-order valence-electron chi connectivity index (χ4n) is 2.11. The molecule has 0 fully saturated rings. The molecule has 0 radical (unpaired) electrons. The van der Waals surface area contributed by atoms with Crippen molar-refractivity contribution in [2.24, 2.45) is 12.5 Å². The molecule has 1 aliphatic heterocycles. The third kappa shape index (κ3) is 1.69. The molecule has 0 aliphatic carbocycles. The van der Waals surface area contributed by atoms with E-state index in [1.165, 1.54) is 17.7 Å². The molecule has 0 saturated carbocycles. The van der Waals surface area contributed by atoms with Crippen LogP contribution < -0.4 is 5.32 Å². The minimum absolute atomic E-state index is 0.370. The topological polar surface area (TPSA) is 29.9 Å². The first-order valence-electron chi connectivity index (χ1n) is 5.21. The van der Waals surface area contributed by atoms with Crippen molar-refractivity contribution in [2.75, 3.05) is 0 Å². The van der Waals surface area contributed by atoms with E-state index in [4.69, 9.17) is 0 Å². The van der Waals surface area contributed by atoms with E-state index in [0.29, 0.717) is 11.5 Å². The van der Waals surface area contributed by atoms with E-state index in [9.17, 15) is 0 Å². The van der Waals surface area contributed by atoms with Crippen LogP contribution in [0.4, 0.5) is 0 Å². The number of hydrogen-bond acceptors (Lipinski definition) is 2. The first-order valence-corrected chi connectivity index (χ1v) is 5.21. The lowest BCUT2D eigenvalue weighted by atomic mass is 9.87. The predicted octanol–water partition coefficient (Wildman–Crippen LogP) is 2.00. The van der Waals surface area contributed by atoms with Gasteiger partial charge in [-0.2, -0.15) is 5.10 Å². The summed E-state index contributed by atoms with van der Waals surface area (Å²) in [7, 11) is 2.01. The van der Waals surface area contributed by atoms with E-state index in [2.05, 4.69) is 31.2 Å². The maximum Gasteiger partial charge on any atom is 0.0566 e. The van der Waals surface area contributed by atoms with Crippen molar-refractivity contribution in [3.05, 3.63) is 17.5 Å². The average molecular weight is 193 g/mol. The summed E-state index contributed by atoms with van der Waals surface area (Å²) in [6.45, 7) is 7.81. The van der Waals surface area contributed by atoms with Crippen LogP contribution in [0.25, 0.3) is 0 Å². The standard InChI is InChI=1S/C11H19N3/c1-11(2,3)5-9-8-6-13-14(4)10(8)7-12-9/h6,9,12H,5,7H2,1-4H3/t9-/m1/s1. The molecular formula is C11H19N3. The van der Waals surface area contributed by atoms with Gasteiger partial charge in [0.25, 0.3) is 0 Å². The molecule has 0 unspecified atom stereocenters. The molecule has 0 amide bonds. The summed E-state index contributed by atoms with van der Waals surface area (Å²) in [6.07, 6.45) is 3.18. The SMILES string of the molecule is Cn1ncc2c1CN[C@@H]2CC(C)(C)C. The highest BCUT2D eigenvalue weighted by atomic mass is 15.3. The Hall–Kier alpha value is -0.830. The van der Waals surface area contributed by atoms with Gasteiger partial charge in [-0.3, -0.25) is 4.68 Å². The number of aromatic nitrogens is 2. The average Bonchev–Trinajstić information content (AvgIpc) is 2.55. The van der Waals surface area contributed by atoms with Crippen LogP contribution in [-0.4, -0.2) is 9.78 Å². The molecule has 1 N–H and O–H groups in total. The molecule has 1 atom stereocenters. The molecule has 2 rings (SSSR count). The quantitative estimate of drug-likeness (QED) is 0.739. The van der Waals surface area contributed by atoms with Gasteiger partial charge in [0, 0.05) is 25.2 Å². The van der Waals surface area contributed by atoms with Crippen LogP contribution in [0.5, 0.6) is 0 Å². The molecule has 14 heavy (non-hydrogen) atoms. The maximum absolute atomic E-state index is 4.30. The van der Waals surface area contributed by atoms with E-state index >= 15 is 0 Å². The first kappa shape index (κ1) is 9.71. The van der Waals surface area contributed by atoms with Crippen LogP contribution in [-0.2, 0) is 13.6 Å². The highest BCUT2D eigenvalue weighted by Crippen LogP contribution is 2.34. The van der Waals surface area contributed by atoms with E-state index in [-0.39, 0.29) is 0 Å². The van der Waals surface area contributed by atoms with Crippen molar-refractivity contribution in [2.45, 2.75) is 39.8 Å². The highest BCUT2D eigenvalue weighted by molar-refractivity contribution is 5.26. The third-order valence-corrected chi connectivity index (χ3v) is 2.80. The van der Waals surface area contributed by atoms with Gasteiger partial charge in [0.05, 0.1) is 11.9 Å². The molecule has 3 nitrogen and oxygen atoms in total. The summed E-state index contributed by atoms with van der Waals surface area (Å²) in [5, 5.41) is 7.83. The molecule has 0 saturated heterocycles. The third-order valence-electron chi connectivity index (χ3n) is 2.80. The lowest BCUT2D eigenvalue weighted by molar-refractivity contribution is 0.320. The second-order valence-electron chi connectivity index (χ2n) is 5.37. The van der Waals surface area contributed by atoms with Crippen molar-refractivity contribution < 1.29 is 0 Å². The van der Waals surface area contributed by atoms with E-state index in [1.807, 2.05) is 17.9 Å². The monoisotopic (exact) mass is 193 g/mol. The van der Waals surface area contributed by atoms with Gasteiger partial charge < -0.3 is 5.32 Å². The Morgan fingerprint density at radius 3 is 2.93 bits per heavy atom. The molecule has 0 aromatic carbocycles. The number of fused-ring (bicyclic) bond motifs is 1. The normalized spacial score (nSPS) is 21.3. The van der Waals surface area contributed by atoms with Crippen molar-refractivity contribution in [1.82, 2.24) is 15.1 Å². The van der Waals surface area contributed by atoms with Crippen LogP contribution in [0.1, 0.15) is 44.5 Å². The largest absolute Gasteiger partial charge is 0.304 e. The van der Waals surface area contributed by atoms with Gasteiger partial charge in [-0.25, -0.2) is 0 Å². The number of nitrogens with one attached hydrogen (secondary N) is 1. The minimum atomic E-state index is 0.370. The van der Waals surface area contributed by atoms with Crippen LogP contribution in [0.3, 0.4) is 0 Å². The number of aryl methyl sites for hydroxylation is 1. The Morgan fingerprint density at radius 2 is 2.29 bits per heavy atom. The van der Waals surface area contributed by atoms with Gasteiger partial charge in [-0.15, -0.1) is 0 Å². The van der Waals surface area contributed by atoms with Crippen molar-refractivity contribution >= 4 is 0 Å². The zero-order valence-corrected chi connectivity index (χ0v) is 9.46. The smallest absolute Gasteiger partial charge is 0.0566 e. The van der Waals surface area contributed by atoms with Gasteiger partial charge >= 0.3 is 0 Å². The maximum atomic E-state index is 4.30. The number of rotatable bonds is 1. The summed E-state index contributed by atoms with van der Waals surface area (Å²) >= 11 is 0. The van der Waals surface area contributed by atoms with E-state index in [1.54, 1.807) is 0 Å². The number of nitrogens with zero attached hydrogens (tertiary/aromatic N) is 2. The Bertz CT molecular complexity index is 333. The molecule has 2 heterocycles. The first-order chi connectivity index (χ1) is 6.47. The molecule has 1 aromatic rings. The van der Waals surface area contributed by atoms with Gasteiger partial charge in [0.1, 0.15) is 0 Å². The lowest BCUT2D eigenvalue weighted by Gasteiger charge is -2.22. The van der Waals surface area contributed by atoms with Crippen molar-refractivity contribution in [3.8, 4) is 0 Å². The van der Waals surface area contributed by atoms with Gasteiger partial charge in [-0.05, 0) is 11.8 Å². The predicted molar refractivity (Wildman–Crippen MR) is 56.9 cm³/mol. The number of hydrogen-bond donors (Lipinski definition) is 1. The summed E-state index contributed by atoms with van der Waals surface area (Å²) in [4.78, 5) is 0. The fourth-order valence-corrected chi connectivity index (χ4v) is 2.11. The molecule has 1 aliphatic rings. The Morgan fingerprint density at radius 1 is 1.57 bits per heavy atom. The highest BCUT2D eigenvalue weighted by Gasteiger charge is 2.28.